The van der Waals surface area contributed by atoms with E-state index in [1.807, 2.05) is 9.80 Å². The zero-order valence-corrected chi connectivity index (χ0v) is 24.4. The molecule has 1 aliphatic carbocycles. The second-order valence-corrected chi connectivity index (χ2v) is 13.4. The van der Waals surface area contributed by atoms with E-state index in [2.05, 4.69) is 58.9 Å². The molecule has 212 valence electrons. The van der Waals surface area contributed by atoms with Gasteiger partial charge in [-0.15, -0.1) is 0 Å². The third kappa shape index (κ3) is 6.02. The van der Waals surface area contributed by atoms with Crippen molar-refractivity contribution in [3.63, 3.8) is 0 Å². The van der Waals surface area contributed by atoms with Crippen LogP contribution in [0.25, 0.3) is 0 Å². The lowest BCUT2D eigenvalue weighted by molar-refractivity contribution is -0.325. The van der Waals surface area contributed by atoms with Crippen molar-refractivity contribution in [2.75, 3.05) is 46.9 Å². The first kappa shape index (κ1) is 28.8. The van der Waals surface area contributed by atoms with Crippen molar-refractivity contribution in [2.24, 2.45) is 17.3 Å². The van der Waals surface area contributed by atoms with Gasteiger partial charge in [-0.1, -0.05) is 34.1 Å². The van der Waals surface area contributed by atoms with Crippen molar-refractivity contribution in [2.45, 2.75) is 110 Å². The third-order valence-corrected chi connectivity index (χ3v) is 9.27. The average Bonchev–Trinajstić information content (AvgIpc) is 3.24. The Morgan fingerprint density at radius 2 is 1.81 bits per heavy atom. The van der Waals surface area contributed by atoms with Gasteiger partial charge in [0.05, 0.1) is 19.3 Å². The number of likely N-dealkylation sites (tertiary alicyclic amines) is 1. The van der Waals surface area contributed by atoms with Gasteiger partial charge >= 0.3 is 0 Å². The number of amides is 2. The molecule has 4 fully saturated rings. The molecule has 0 bridgehead atoms. The Morgan fingerprint density at radius 3 is 2.41 bits per heavy atom. The summed E-state index contributed by atoms with van der Waals surface area (Å²) in [6.45, 7) is 14.1. The van der Waals surface area contributed by atoms with E-state index in [0.29, 0.717) is 50.2 Å². The van der Waals surface area contributed by atoms with Crippen molar-refractivity contribution < 1.29 is 19.1 Å². The fraction of sp³-hybridized carbons (Fsp3) is 0.931. The lowest BCUT2D eigenvalue weighted by atomic mass is 9.81. The standard InChI is InChI=1S/C29H52N4O4/c1-20(2)15-23-26(34)33(14-12-30-23)24(16-21(3)4)27(35)32-13-11-29(17-22(32)5)36-18-28(19-37-29)10-8-9-25(28)31(6)7/h20-25,30H,8-19H2,1-7H3/t22-,23-,24-,25?,28?,29?/m0/s1. The lowest BCUT2D eigenvalue weighted by Crippen LogP contribution is -2.64. The summed E-state index contributed by atoms with van der Waals surface area (Å²) in [6, 6.07) is -0.104. The summed E-state index contributed by atoms with van der Waals surface area (Å²) in [6.07, 6.45) is 6.43. The van der Waals surface area contributed by atoms with Gasteiger partial charge in [-0.25, -0.2) is 0 Å². The minimum absolute atomic E-state index is 0.00247. The number of nitrogens with one attached hydrogen (secondary N) is 1. The molecule has 37 heavy (non-hydrogen) atoms. The number of carbonyl (C=O) groups excluding carboxylic acids is 2. The van der Waals surface area contributed by atoms with Crippen LogP contribution in [-0.2, 0) is 19.1 Å². The van der Waals surface area contributed by atoms with Crippen LogP contribution < -0.4 is 5.32 Å². The topological polar surface area (TPSA) is 74.3 Å². The molecular formula is C29H52N4O4. The molecule has 1 saturated carbocycles. The highest BCUT2D eigenvalue weighted by molar-refractivity contribution is 5.90. The Hall–Kier alpha value is -1.22. The van der Waals surface area contributed by atoms with Crippen LogP contribution in [0.15, 0.2) is 0 Å². The summed E-state index contributed by atoms with van der Waals surface area (Å²) in [5, 5.41) is 3.38. The Kier molecular flexibility index (Phi) is 8.93. The highest BCUT2D eigenvalue weighted by Gasteiger charge is 2.53. The van der Waals surface area contributed by atoms with E-state index < -0.39 is 11.8 Å². The van der Waals surface area contributed by atoms with Crippen LogP contribution in [-0.4, -0.2) is 103 Å². The Bertz CT molecular complexity index is 808. The van der Waals surface area contributed by atoms with Crippen LogP contribution in [0, 0.1) is 17.3 Å². The second kappa shape index (κ2) is 11.5. The van der Waals surface area contributed by atoms with E-state index in [4.69, 9.17) is 9.47 Å². The summed E-state index contributed by atoms with van der Waals surface area (Å²) in [4.78, 5) is 33.7. The van der Waals surface area contributed by atoms with Crippen LogP contribution in [0.4, 0.5) is 0 Å². The highest BCUT2D eigenvalue weighted by atomic mass is 16.7. The fourth-order valence-electron chi connectivity index (χ4n) is 7.38. The van der Waals surface area contributed by atoms with Gasteiger partial charge in [0.25, 0.3) is 0 Å². The molecule has 3 saturated heterocycles. The Morgan fingerprint density at radius 1 is 1.11 bits per heavy atom. The zero-order valence-electron chi connectivity index (χ0n) is 24.4. The minimum atomic E-state index is -0.596. The van der Waals surface area contributed by atoms with E-state index in [1.54, 1.807) is 0 Å². The van der Waals surface area contributed by atoms with Gasteiger partial charge in [0.1, 0.15) is 6.04 Å². The first-order valence-corrected chi connectivity index (χ1v) is 14.8. The van der Waals surface area contributed by atoms with Gasteiger partial charge in [0.15, 0.2) is 5.79 Å². The van der Waals surface area contributed by atoms with Gasteiger partial charge in [0, 0.05) is 50.0 Å². The van der Waals surface area contributed by atoms with Crippen molar-refractivity contribution in [3.05, 3.63) is 0 Å². The number of ether oxygens (including phenoxy) is 2. The van der Waals surface area contributed by atoms with Gasteiger partial charge in [-0.2, -0.15) is 0 Å². The van der Waals surface area contributed by atoms with Crippen molar-refractivity contribution in [1.29, 1.82) is 0 Å². The number of hydrogen-bond acceptors (Lipinski definition) is 6. The summed E-state index contributed by atoms with van der Waals surface area (Å²) in [7, 11) is 4.33. The molecule has 1 unspecified atom stereocenters. The van der Waals surface area contributed by atoms with Gasteiger partial charge < -0.3 is 29.5 Å². The molecule has 1 N–H and O–H groups in total. The van der Waals surface area contributed by atoms with Crippen molar-refractivity contribution in [1.82, 2.24) is 20.0 Å². The first-order valence-electron chi connectivity index (χ1n) is 14.8. The predicted molar refractivity (Wildman–Crippen MR) is 145 cm³/mol. The summed E-state index contributed by atoms with van der Waals surface area (Å²) >= 11 is 0. The number of nitrogens with zero attached hydrogens (tertiary/aromatic N) is 3. The molecule has 0 radical (unpaired) electrons. The largest absolute Gasteiger partial charge is 0.349 e. The maximum Gasteiger partial charge on any atom is 0.245 e. The van der Waals surface area contributed by atoms with Crippen LogP contribution in [0.1, 0.15) is 79.6 Å². The Labute approximate surface area is 224 Å². The van der Waals surface area contributed by atoms with E-state index in [9.17, 15) is 9.59 Å². The molecule has 0 aromatic heterocycles. The number of rotatable bonds is 7. The van der Waals surface area contributed by atoms with Crippen LogP contribution in [0.3, 0.4) is 0 Å². The fourth-order valence-corrected chi connectivity index (χ4v) is 7.38. The number of hydrogen-bond donors (Lipinski definition) is 1. The van der Waals surface area contributed by atoms with Crippen LogP contribution in [0.5, 0.6) is 0 Å². The highest BCUT2D eigenvalue weighted by Crippen LogP contribution is 2.47. The summed E-state index contributed by atoms with van der Waals surface area (Å²) in [5.41, 5.74) is 0.0858. The molecule has 0 aromatic carbocycles. The summed E-state index contributed by atoms with van der Waals surface area (Å²) < 4.78 is 13.1. The van der Waals surface area contributed by atoms with Crippen molar-refractivity contribution >= 4 is 11.8 Å². The van der Waals surface area contributed by atoms with Gasteiger partial charge in [-0.3, -0.25) is 9.59 Å². The monoisotopic (exact) mass is 520 g/mol. The molecule has 4 atom stereocenters. The van der Waals surface area contributed by atoms with E-state index in [-0.39, 0.29) is 29.3 Å². The van der Waals surface area contributed by atoms with Gasteiger partial charge in [0.2, 0.25) is 11.8 Å². The van der Waals surface area contributed by atoms with Crippen molar-refractivity contribution in [3.8, 4) is 0 Å². The van der Waals surface area contributed by atoms with Gasteiger partial charge in [-0.05, 0) is 58.5 Å². The molecule has 2 spiro atoms. The molecule has 8 heteroatoms. The molecule has 8 nitrogen and oxygen atoms in total. The normalized spacial score (nSPS) is 35.9. The maximum atomic E-state index is 14.0. The first-order chi connectivity index (χ1) is 17.5. The van der Waals surface area contributed by atoms with E-state index in [0.717, 1.165) is 32.6 Å². The number of piperidine rings is 1. The molecule has 0 aromatic rings. The minimum Gasteiger partial charge on any atom is -0.349 e. The predicted octanol–water partition coefficient (Wildman–Crippen LogP) is 3.10. The van der Waals surface area contributed by atoms with Crippen LogP contribution >= 0.6 is 0 Å². The summed E-state index contributed by atoms with van der Waals surface area (Å²) in [5.74, 6) is 0.318. The molecule has 4 rings (SSSR count). The quantitative estimate of drug-likeness (QED) is 0.556. The lowest BCUT2D eigenvalue weighted by Gasteiger charge is -2.53. The Balaban J connectivity index is 1.42. The SMILES string of the molecule is CC(C)C[C@@H]1NCCN([C@@H](CC(C)C)C(=O)N2CCC3(C[C@@H]2C)OCC2(CCCC2N(C)C)CO3)C1=O. The molecule has 3 heterocycles. The smallest absolute Gasteiger partial charge is 0.245 e. The maximum absolute atomic E-state index is 14.0. The zero-order chi connectivity index (χ0) is 27.0. The molecule has 2 amide bonds. The second-order valence-electron chi connectivity index (χ2n) is 13.4. The van der Waals surface area contributed by atoms with Crippen LogP contribution in [0.2, 0.25) is 0 Å². The number of piperazine rings is 1. The molecular weight excluding hydrogens is 468 g/mol. The molecule has 3 aliphatic heterocycles. The third-order valence-electron chi connectivity index (χ3n) is 9.27. The number of carbonyl (C=O) groups is 2. The average molecular weight is 521 g/mol. The van der Waals surface area contributed by atoms with E-state index >= 15 is 0 Å². The molecule has 4 aliphatic rings. The van der Waals surface area contributed by atoms with E-state index in [1.165, 1.54) is 12.8 Å².